The zero-order valence-corrected chi connectivity index (χ0v) is 14.4. The first-order chi connectivity index (χ1) is 11.4. The number of alkyl halides is 3. The number of nitrogens with one attached hydrogen (secondary N) is 1. The van der Waals surface area contributed by atoms with Crippen LogP contribution < -0.4 is 5.32 Å². The number of hydrogen-bond donors (Lipinski definition) is 1. The van der Waals surface area contributed by atoms with E-state index in [1.165, 1.54) is 6.42 Å². The van der Waals surface area contributed by atoms with Gasteiger partial charge < -0.3 is 10.2 Å². The SMILES string of the molecule is Cl.O=C(c1ccc(F)c(C(F)(F)F)c1)N1CCC(C2CCCN2)CC1. The fourth-order valence-corrected chi connectivity index (χ4v) is 3.68. The number of benzene rings is 1. The van der Waals surface area contributed by atoms with Gasteiger partial charge >= 0.3 is 6.18 Å². The number of amides is 1. The minimum atomic E-state index is -4.80. The van der Waals surface area contributed by atoms with Gasteiger partial charge in [0.1, 0.15) is 5.82 Å². The van der Waals surface area contributed by atoms with Crippen molar-refractivity contribution < 1.29 is 22.4 Å². The molecule has 2 heterocycles. The maximum absolute atomic E-state index is 13.3. The summed E-state index contributed by atoms with van der Waals surface area (Å²) in [5, 5.41) is 3.46. The molecule has 25 heavy (non-hydrogen) atoms. The Morgan fingerprint density at radius 1 is 1.16 bits per heavy atom. The molecule has 1 N–H and O–H groups in total. The molecule has 0 saturated carbocycles. The van der Waals surface area contributed by atoms with Crippen LogP contribution in [-0.2, 0) is 6.18 Å². The summed E-state index contributed by atoms with van der Waals surface area (Å²) in [5.41, 5.74) is -1.50. The normalized spacial score (nSPS) is 21.9. The second-order valence-corrected chi connectivity index (χ2v) is 6.52. The molecule has 1 aromatic carbocycles. The molecule has 140 valence electrons. The summed E-state index contributed by atoms with van der Waals surface area (Å²) in [6.45, 7) is 2.08. The first kappa shape index (κ1) is 20.0. The van der Waals surface area contributed by atoms with Crippen LogP contribution in [0.15, 0.2) is 18.2 Å². The van der Waals surface area contributed by atoms with E-state index in [0.717, 1.165) is 31.9 Å². The lowest BCUT2D eigenvalue weighted by Crippen LogP contribution is -2.43. The van der Waals surface area contributed by atoms with Crippen LogP contribution in [0.5, 0.6) is 0 Å². The van der Waals surface area contributed by atoms with Crippen molar-refractivity contribution in [2.45, 2.75) is 37.9 Å². The number of piperidine rings is 1. The van der Waals surface area contributed by atoms with Crippen molar-refractivity contribution in [2.24, 2.45) is 5.92 Å². The average molecular weight is 381 g/mol. The van der Waals surface area contributed by atoms with Gasteiger partial charge in [-0.25, -0.2) is 4.39 Å². The van der Waals surface area contributed by atoms with E-state index in [2.05, 4.69) is 5.32 Å². The number of carbonyl (C=O) groups excluding carboxylic acids is 1. The van der Waals surface area contributed by atoms with E-state index in [9.17, 15) is 22.4 Å². The summed E-state index contributed by atoms with van der Waals surface area (Å²) < 4.78 is 51.7. The highest BCUT2D eigenvalue weighted by Crippen LogP contribution is 2.32. The van der Waals surface area contributed by atoms with Crippen LogP contribution in [-0.4, -0.2) is 36.5 Å². The second-order valence-electron chi connectivity index (χ2n) is 6.52. The lowest BCUT2D eigenvalue weighted by Gasteiger charge is -2.35. The zero-order chi connectivity index (χ0) is 17.3. The molecular weight excluding hydrogens is 360 g/mol. The number of likely N-dealkylation sites (tertiary alicyclic amines) is 1. The molecule has 0 aliphatic carbocycles. The molecular formula is C17H21ClF4N2O. The minimum Gasteiger partial charge on any atom is -0.339 e. The predicted octanol–water partition coefficient (Wildman–Crippen LogP) is 3.87. The molecule has 1 amide bonds. The zero-order valence-electron chi connectivity index (χ0n) is 13.6. The monoisotopic (exact) mass is 380 g/mol. The predicted molar refractivity (Wildman–Crippen MR) is 88.3 cm³/mol. The lowest BCUT2D eigenvalue weighted by atomic mass is 9.88. The number of carbonyl (C=O) groups is 1. The molecule has 0 spiro atoms. The van der Waals surface area contributed by atoms with Crippen molar-refractivity contribution in [1.29, 1.82) is 0 Å². The van der Waals surface area contributed by atoms with E-state index >= 15 is 0 Å². The first-order valence-electron chi connectivity index (χ1n) is 8.25. The maximum atomic E-state index is 13.3. The number of hydrogen-bond acceptors (Lipinski definition) is 2. The molecule has 0 aromatic heterocycles. The van der Waals surface area contributed by atoms with Crippen LogP contribution in [0.2, 0.25) is 0 Å². The molecule has 3 nitrogen and oxygen atoms in total. The summed E-state index contributed by atoms with van der Waals surface area (Å²) >= 11 is 0. The van der Waals surface area contributed by atoms with Gasteiger partial charge in [-0.2, -0.15) is 13.2 Å². The van der Waals surface area contributed by atoms with Gasteiger partial charge in [0.15, 0.2) is 0 Å². The Morgan fingerprint density at radius 2 is 1.84 bits per heavy atom. The Balaban J connectivity index is 0.00000225. The van der Waals surface area contributed by atoms with Crippen molar-refractivity contribution in [3.63, 3.8) is 0 Å². The van der Waals surface area contributed by atoms with Crippen LogP contribution in [0.3, 0.4) is 0 Å². The van der Waals surface area contributed by atoms with Gasteiger partial charge in [-0.1, -0.05) is 0 Å². The molecule has 2 aliphatic rings. The number of rotatable bonds is 2. The van der Waals surface area contributed by atoms with E-state index in [4.69, 9.17) is 0 Å². The van der Waals surface area contributed by atoms with Crippen LogP contribution >= 0.6 is 12.4 Å². The van der Waals surface area contributed by atoms with Crippen LogP contribution in [0.4, 0.5) is 17.6 Å². The smallest absolute Gasteiger partial charge is 0.339 e. The molecule has 3 rings (SSSR count). The molecule has 0 bridgehead atoms. The molecule has 2 aliphatic heterocycles. The maximum Gasteiger partial charge on any atom is 0.419 e. The van der Waals surface area contributed by atoms with Crippen molar-refractivity contribution in [2.75, 3.05) is 19.6 Å². The Bertz CT molecular complexity index is 609. The van der Waals surface area contributed by atoms with Gasteiger partial charge in [0.25, 0.3) is 5.91 Å². The topological polar surface area (TPSA) is 32.3 Å². The molecule has 2 fully saturated rings. The Kier molecular flexibility index (Phi) is 6.32. The van der Waals surface area contributed by atoms with E-state index in [1.807, 2.05) is 0 Å². The number of halogens is 5. The van der Waals surface area contributed by atoms with Gasteiger partial charge in [0.2, 0.25) is 0 Å². The van der Waals surface area contributed by atoms with Gasteiger partial charge in [-0.05, 0) is 56.3 Å². The molecule has 8 heteroatoms. The van der Waals surface area contributed by atoms with E-state index in [1.54, 1.807) is 4.90 Å². The standard InChI is InChI=1S/C17H20F4N2O.ClH/c18-14-4-3-12(10-13(14)17(19,20)21)16(24)23-8-5-11(6-9-23)15-2-1-7-22-15;/h3-4,10-11,15,22H,1-2,5-9H2;1H. The third-order valence-electron chi connectivity index (χ3n) is 5.01. The highest BCUT2D eigenvalue weighted by atomic mass is 35.5. The Morgan fingerprint density at radius 3 is 2.40 bits per heavy atom. The van der Waals surface area contributed by atoms with Crippen molar-refractivity contribution in [3.8, 4) is 0 Å². The highest BCUT2D eigenvalue weighted by Gasteiger charge is 2.35. The second kappa shape index (κ2) is 7.91. The largest absolute Gasteiger partial charge is 0.419 e. The van der Waals surface area contributed by atoms with E-state index in [0.29, 0.717) is 37.2 Å². The van der Waals surface area contributed by atoms with Crippen molar-refractivity contribution >= 4 is 18.3 Å². The van der Waals surface area contributed by atoms with E-state index < -0.39 is 23.5 Å². The van der Waals surface area contributed by atoms with Gasteiger partial charge in [-0.15, -0.1) is 12.4 Å². The quantitative estimate of drug-likeness (QED) is 0.790. The lowest BCUT2D eigenvalue weighted by molar-refractivity contribution is -0.140. The van der Waals surface area contributed by atoms with Crippen molar-refractivity contribution in [3.05, 3.63) is 35.1 Å². The molecule has 1 atom stereocenters. The third kappa shape index (κ3) is 4.44. The number of nitrogens with zero attached hydrogens (tertiary/aromatic N) is 1. The average Bonchev–Trinajstić information content (AvgIpc) is 3.08. The summed E-state index contributed by atoms with van der Waals surface area (Å²) in [4.78, 5) is 14.0. The fraction of sp³-hybridized carbons (Fsp3) is 0.588. The fourth-order valence-electron chi connectivity index (χ4n) is 3.68. The molecule has 1 aromatic rings. The van der Waals surface area contributed by atoms with Crippen LogP contribution in [0.1, 0.15) is 41.6 Å². The van der Waals surface area contributed by atoms with E-state index in [-0.39, 0.29) is 18.0 Å². The Hall–Kier alpha value is -1.34. The first-order valence-corrected chi connectivity index (χ1v) is 8.25. The summed E-state index contributed by atoms with van der Waals surface area (Å²) in [7, 11) is 0. The Labute approximate surface area is 150 Å². The van der Waals surface area contributed by atoms with Gasteiger partial charge in [0.05, 0.1) is 5.56 Å². The summed E-state index contributed by atoms with van der Waals surface area (Å²) in [6.07, 6.45) is -0.805. The molecule has 2 saturated heterocycles. The van der Waals surface area contributed by atoms with Crippen LogP contribution in [0, 0.1) is 11.7 Å². The highest BCUT2D eigenvalue weighted by molar-refractivity contribution is 5.94. The van der Waals surface area contributed by atoms with Crippen LogP contribution in [0.25, 0.3) is 0 Å². The summed E-state index contributed by atoms with van der Waals surface area (Å²) in [5.74, 6) is -1.31. The molecule has 1 unspecified atom stereocenters. The third-order valence-corrected chi connectivity index (χ3v) is 5.01. The van der Waals surface area contributed by atoms with Gasteiger partial charge in [-0.3, -0.25) is 4.79 Å². The molecule has 0 radical (unpaired) electrons. The van der Waals surface area contributed by atoms with Crippen molar-refractivity contribution in [1.82, 2.24) is 10.2 Å². The minimum absolute atomic E-state index is 0. The van der Waals surface area contributed by atoms with Gasteiger partial charge in [0, 0.05) is 24.7 Å². The summed E-state index contributed by atoms with van der Waals surface area (Å²) in [6, 6.07) is 2.94.